The highest BCUT2D eigenvalue weighted by atomic mass is 32.2. The molecule has 1 aliphatic rings. The maximum atomic E-state index is 5.54. The zero-order valence-corrected chi connectivity index (χ0v) is 13.2. The lowest BCUT2D eigenvalue weighted by Crippen LogP contribution is -1.99. The van der Waals surface area contributed by atoms with Gasteiger partial charge in [-0.25, -0.2) is 4.98 Å². The third kappa shape index (κ3) is 2.63. The minimum atomic E-state index is 0.599. The fourth-order valence-corrected chi connectivity index (χ4v) is 3.81. The second-order valence-electron chi connectivity index (χ2n) is 5.04. The van der Waals surface area contributed by atoms with Crippen LogP contribution in [0.3, 0.4) is 0 Å². The van der Waals surface area contributed by atoms with Crippen LogP contribution < -0.4 is 0 Å². The van der Waals surface area contributed by atoms with E-state index in [0.717, 1.165) is 27.3 Å². The van der Waals surface area contributed by atoms with Gasteiger partial charge < -0.3 is 8.98 Å². The van der Waals surface area contributed by atoms with Crippen molar-refractivity contribution in [3.63, 3.8) is 0 Å². The molecule has 3 aromatic rings. The molecule has 21 heavy (non-hydrogen) atoms. The van der Waals surface area contributed by atoms with Crippen LogP contribution in [0.1, 0.15) is 30.4 Å². The molecule has 3 heterocycles. The van der Waals surface area contributed by atoms with Gasteiger partial charge in [0.1, 0.15) is 12.1 Å². The molecule has 4 rings (SSSR count). The SMILES string of the molecule is Cc1nnc(SCc2coc(-c3cccs3)n2)n1C1CC1. The molecule has 0 N–H and O–H groups in total. The van der Waals surface area contributed by atoms with E-state index in [1.165, 1.54) is 12.8 Å². The molecule has 0 atom stereocenters. The Labute approximate surface area is 130 Å². The van der Waals surface area contributed by atoms with Crippen LogP contribution in [0.25, 0.3) is 10.8 Å². The first-order valence-corrected chi connectivity index (χ1v) is 8.70. The van der Waals surface area contributed by atoms with Crippen LogP contribution in [0.5, 0.6) is 0 Å². The van der Waals surface area contributed by atoms with Crippen molar-refractivity contribution >= 4 is 23.1 Å². The zero-order chi connectivity index (χ0) is 14.2. The lowest BCUT2D eigenvalue weighted by atomic mass is 10.5. The van der Waals surface area contributed by atoms with Gasteiger partial charge >= 0.3 is 0 Å². The fourth-order valence-electron chi connectivity index (χ4n) is 2.23. The molecule has 0 saturated heterocycles. The van der Waals surface area contributed by atoms with Gasteiger partial charge in [-0.05, 0) is 31.2 Å². The van der Waals surface area contributed by atoms with E-state index in [9.17, 15) is 0 Å². The Morgan fingerprint density at radius 3 is 3.10 bits per heavy atom. The largest absolute Gasteiger partial charge is 0.444 e. The molecular weight excluding hydrogens is 304 g/mol. The maximum Gasteiger partial charge on any atom is 0.236 e. The van der Waals surface area contributed by atoms with Crippen LogP contribution in [0, 0.1) is 6.92 Å². The number of rotatable bonds is 5. The normalized spacial score (nSPS) is 14.7. The summed E-state index contributed by atoms with van der Waals surface area (Å²) in [6.45, 7) is 2.01. The Kier molecular flexibility index (Phi) is 3.31. The summed E-state index contributed by atoms with van der Waals surface area (Å²) in [6, 6.07) is 4.61. The average Bonchev–Trinajstić information content (AvgIpc) is 2.94. The molecule has 108 valence electrons. The van der Waals surface area contributed by atoms with E-state index in [2.05, 4.69) is 19.7 Å². The van der Waals surface area contributed by atoms with Crippen LogP contribution in [0.2, 0.25) is 0 Å². The number of hydrogen-bond donors (Lipinski definition) is 0. The summed E-state index contributed by atoms with van der Waals surface area (Å²) >= 11 is 3.30. The zero-order valence-electron chi connectivity index (χ0n) is 11.5. The van der Waals surface area contributed by atoms with E-state index < -0.39 is 0 Å². The van der Waals surface area contributed by atoms with E-state index in [1.54, 1.807) is 29.4 Å². The summed E-state index contributed by atoms with van der Waals surface area (Å²) in [7, 11) is 0. The van der Waals surface area contributed by atoms with Crippen LogP contribution in [0.15, 0.2) is 33.3 Å². The number of oxazole rings is 1. The van der Waals surface area contributed by atoms with Crippen molar-refractivity contribution in [2.75, 3.05) is 0 Å². The van der Waals surface area contributed by atoms with Crippen LogP contribution in [0.4, 0.5) is 0 Å². The van der Waals surface area contributed by atoms with Crippen LogP contribution in [-0.4, -0.2) is 19.7 Å². The summed E-state index contributed by atoms with van der Waals surface area (Å²) in [5.74, 6) is 2.44. The van der Waals surface area contributed by atoms with Gasteiger partial charge in [0.05, 0.1) is 10.6 Å². The number of nitrogens with zero attached hydrogens (tertiary/aromatic N) is 4. The van der Waals surface area contributed by atoms with Crippen LogP contribution in [-0.2, 0) is 5.75 Å². The van der Waals surface area contributed by atoms with Gasteiger partial charge in [0.25, 0.3) is 0 Å². The third-order valence-electron chi connectivity index (χ3n) is 3.38. The number of hydrogen-bond acceptors (Lipinski definition) is 6. The summed E-state index contributed by atoms with van der Waals surface area (Å²) in [5, 5.41) is 11.5. The summed E-state index contributed by atoms with van der Waals surface area (Å²) < 4.78 is 7.78. The van der Waals surface area contributed by atoms with Gasteiger partial charge in [-0.1, -0.05) is 17.8 Å². The van der Waals surface area contributed by atoms with E-state index in [1.807, 2.05) is 24.4 Å². The average molecular weight is 318 g/mol. The first kappa shape index (κ1) is 13.1. The van der Waals surface area contributed by atoms with Crippen molar-refractivity contribution in [3.05, 3.63) is 35.3 Å². The number of aryl methyl sites for hydroxylation is 1. The van der Waals surface area contributed by atoms with Gasteiger partial charge in [0, 0.05) is 11.8 Å². The van der Waals surface area contributed by atoms with Gasteiger partial charge in [0.2, 0.25) is 5.89 Å². The van der Waals surface area contributed by atoms with E-state index in [0.29, 0.717) is 11.9 Å². The first-order valence-electron chi connectivity index (χ1n) is 6.84. The number of thiophene rings is 1. The summed E-state index contributed by atoms with van der Waals surface area (Å²) in [6.07, 6.45) is 4.20. The molecule has 3 aromatic heterocycles. The standard InChI is InChI=1S/C14H14N4OS2/c1-9-16-17-14(18(9)11-4-5-11)21-8-10-7-19-13(15-10)12-3-2-6-20-12/h2-3,6-7,11H,4-5,8H2,1H3. The summed E-state index contributed by atoms with van der Waals surface area (Å²) in [4.78, 5) is 5.59. The Morgan fingerprint density at radius 2 is 2.33 bits per heavy atom. The number of thioether (sulfide) groups is 1. The Bertz CT molecular complexity index is 743. The minimum Gasteiger partial charge on any atom is -0.444 e. The second-order valence-corrected chi connectivity index (χ2v) is 6.93. The lowest BCUT2D eigenvalue weighted by Gasteiger charge is -2.04. The fraction of sp³-hybridized carbons (Fsp3) is 0.357. The molecule has 0 amide bonds. The Balaban J connectivity index is 1.48. The van der Waals surface area contributed by atoms with Crippen molar-refractivity contribution in [1.29, 1.82) is 0 Å². The van der Waals surface area contributed by atoms with Gasteiger partial charge in [-0.15, -0.1) is 21.5 Å². The molecule has 1 fully saturated rings. The molecule has 1 aliphatic carbocycles. The summed E-state index contributed by atoms with van der Waals surface area (Å²) in [5.41, 5.74) is 0.936. The molecule has 0 bridgehead atoms. The quantitative estimate of drug-likeness (QED) is 0.667. The molecule has 0 radical (unpaired) electrons. The van der Waals surface area contributed by atoms with E-state index >= 15 is 0 Å². The number of aromatic nitrogens is 4. The highest BCUT2D eigenvalue weighted by Crippen LogP contribution is 2.39. The van der Waals surface area contributed by atoms with Crippen molar-refractivity contribution in [2.45, 2.75) is 36.7 Å². The van der Waals surface area contributed by atoms with Crippen molar-refractivity contribution in [1.82, 2.24) is 19.7 Å². The van der Waals surface area contributed by atoms with Crippen molar-refractivity contribution < 1.29 is 4.42 Å². The predicted molar refractivity (Wildman–Crippen MR) is 82.4 cm³/mol. The first-order chi connectivity index (χ1) is 10.3. The molecule has 1 saturated carbocycles. The molecular formula is C14H14N4OS2. The van der Waals surface area contributed by atoms with Gasteiger partial charge in [0.15, 0.2) is 5.16 Å². The van der Waals surface area contributed by atoms with Crippen molar-refractivity contribution in [3.8, 4) is 10.8 Å². The lowest BCUT2D eigenvalue weighted by molar-refractivity contribution is 0.575. The highest BCUT2D eigenvalue weighted by Gasteiger charge is 2.28. The minimum absolute atomic E-state index is 0.599. The Hall–Kier alpha value is -1.60. The van der Waals surface area contributed by atoms with E-state index in [4.69, 9.17) is 4.42 Å². The molecule has 0 aliphatic heterocycles. The van der Waals surface area contributed by atoms with Gasteiger partial charge in [-0.2, -0.15) is 0 Å². The highest BCUT2D eigenvalue weighted by molar-refractivity contribution is 7.98. The third-order valence-corrected chi connectivity index (χ3v) is 5.21. The second kappa shape index (κ2) is 5.31. The molecule has 7 heteroatoms. The molecule has 0 aromatic carbocycles. The van der Waals surface area contributed by atoms with Crippen molar-refractivity contribution in [2.24, 2.45) is 0 Å². The molecule has 0 spiro atoms. The molecule has 5 nitrogen and oxygen atoms in total. The smallest absolute Gasteiger partial charge is 0.236 e. The topological polar surface area (TPSA) is 56.7 Å². The molecule has 0 unspecified atom stereocenters. The van der Waals surface area contributed by atoms with Crippen LogP contribution >= 0.6 is 23.1 Å². The van der Waals surface area contributed by atoms with Gasteiger partial charge in [-0.3, -0.25) is 0 Å². The maximum absolute atomic E-state index is 5.54. The predicted octanol–water partition coefficient (Wildman–Crippen LogP) is 3.93. The monoisotopic (exact) mass is 318 g/mol. The Morgan fingerprint density at radius 1 is 1.43 bits per heavy atom. The van der Waals surface area contributed by atoms with E-state index in [-0.39, 0.29) is 0 Å².